The van der Waals surface area contributed by atoms with E-state index in [0.29, 0.717) is 10.9 Å². The van der Waals surface area contributed by atoms with Gasteiger partial charge in [0.15, 0.2) is 5.17 Å². The Kier molecular flexibility index (Phi) is 3.56. The zero-order valence-electron chi connectivity index (χ0n) is 11.7. The smallest absolute Gasteiger partial charge is 0.258 e. The first-order valence-corrected chi connectivity index (χ1v) is 8.87. The summed E-state index contributed by atoms with van der Waals surface area (Å²) in [5.41, 5.74) is 2.17. The van der Waals surface area contributed by atoms with Crippen LogP contribution in [-0.4, -0.2) is 27.5 Å². The Labute approximate surface area is 136 Å². The first-order chi connectivity index (χ1) is 10.8. The summed E-state index contributed by atoms with van der Waals surface area (Å²) in [4.78, 5) is 16.8. The molecule has 2 aliphatic heterocycles. The lowest BCUT2D eigenvalue weighted by molar-refractivity contribution is -0.115. The van der Waals surface area contributed by atoms with Crippen molar-refractivity contribution in [1.29, 1.82) is 0 Å². The number of carbonyl (C=O) groups excluding carboxylic acids is 1. The number of aliphatic imine (C=N–C) groups is 1. The average molecular weight is 327 g/mol. The number of hydrazone groups is 1. The molecule has 1 aromatic carbocycles. The monoisotopic (exact) mass is 327 g/mol. The van der Waals surface area contributed by atoms with Crippen LogP contribution in [-0.2, 0) is 4.79 Å². The SMILES string of the molecule is O=C1CSC(N2N=C(c3ccccc3)CC2c2cccs2)=N1. The van der Waals surface area contributed by atoms with E-state index in [9.17, 15) is 4.79 Å². The number of thioether (sulfide) groups is 1. The molecule has 1 atom stereocenters. The van der Waals surface area contributed by atoms with Gasteiger partial charge < -0.3 is 0 Å². The summed E-state index contributed by atoms with van der Waals surface area (Å²) in [5.74, 6) is 0.340. The van der Waals surface area contributed by atoms with E-state index in [4.69, 9.17) is 5.10 Å². The predicted octanol–water partition coefficient (Wildman–Crippen LogP) is 3.53. The molecule has 2 aliphatic rings. The Morgan fingerprint density at radius 2 is 2.00 bits per heavy atom. The van der Waals surface area contributed by atoms with Gasteiger partial charge in [0.25, 0.3) is 5.91 Å². The van der Waals surface area contributed by atoms with Crippen molar-refractivity contribution < 1.29 is 4.79 Å². The highest BCUT2D eigenvalue weighted by Crippen LogP contribution is 2.37. The lowest BCUT2D eigenvalue weighted by Gasteiger charge is -2.21. The highest BCUT2D eigenvalue weighted by atomic mass is 32.2. The molecule has 4 nitrogen and oxygen atoms in total. The van der Waals surface area contributed by atoms with E-state index in [-0.39, 0.29) is 11.9 Å². The van der Waals surface area contributed by atoms with Crippen molar-refractivity contribution in [3.63, 3.8) is 0 Å². The number of benzene rings is 1. The lowest BCUT2D eigenvalue weighted by atomic mass is 10.0. The van der Waals surface area contributed by atoms with Crippen LogP contribution in [0, 0.1) is 0 Å². The molecule has 4 rings (SSSR count). The first kappa shape index (κ1) is 13.7. The van der Waals surface area contributed by atoms with Crippen molar-refractivity contribution in [3.8, 4) is 0 Å². The fourth-order valence-corrected chi connectivity index (χ4v) is 4.20. The van der Waals surface area contributed by atoms with Gasteiger partial charge in [-0.2, -0.15) is 10.1 Å². The second kappa shape index (κ2) is 5.70. The fourth-order valence-electron chi connectivity index (χ4n) is 2.61. The van der Waals surface area contributed by atoms with Crippen LogP contribution >= 0.6 is 23.1 Å². The van der Waals surface area contributed by atoms with Gasteiger partial charge in [-0.1, -0.05) is 48.2 Å². The fraction of sp³-hybridized carbons (Fsp3) is 0.188. The molecular weight excluding hydrogens is 314 g/mol. The predicted molar refractivity (Wildman–Crippen MR) is 91.4 cm³/mol. The molecule has 2 aromatic rings. The quantitative estimate of drug-likeness (QED) is 0.847. The van der Waals surface area contributed by atoms with E-state index in [2.05, 4.69) is 28.6 Å². The first-order valence-electron chi connectivity index (χ1n) is 7.01. The number of amidine groups is 1. The second-order valence-corrected chi connectivity index (χ2v) is 6.99. The Morgan fingerprint density at radius 3 is 2.68 bits per heavy atom. The van der Waals surface area contributed by atoms with Crippen LogP contribution in [0.5, 0.6) is 0 Å². The van der Waals surface area contributed by atoms with Crippen LogP contribution in [0.15, 0.2) is 57.9 Å². The molecule has 1 amide bonds. The van der Waals surface area contributed by atoms with E-state index < -0.39 is 0 Å². The van der Waals surface area contributed by atoms with E-state index in [0.717, 1.165) is 17.7 Å². The number of carbonyl (C=O) groups is 1. The summed E-state index contributed by atoms with van der Waals surface area (Å²) in [7, 11) is 0. The average Bonchev–Trinajstić information content (AvgIpc) is 3.27. The minimum atomic E-state index is -0.0757. The summed E-state index contributed by atoms with van der Waals surface area (Å²) in [6, 6.07) is 14.5. The van der Waals surface area contributed by atoms with E-state index in [1.54, 1.807) is 11.3 Å². The lowest BCUT2D eigenvalue weighted by Crippen LogP contribution is -2.23. The summed E-state index contributed by atoms with van der Waals surface area (Å²) in [6.45, 7) is 0. The third-order valence-corrected chi connectivity index (χ3v) is 5.53. The van der Waals surface area contributed by atoms with E-state index in [1.165, 1.54) is 16.6 Å². The number of rotatable bonds is 2. The van der Waals surface area contributed by atoms with Gasteiger partial charge >= 0.3 is 0 Å². The molecule has 0 radical (unpaired) electrons. The molecule has 3 heterocycles. The van der Waals surface area contributed by atoms with Gasteiger partial charge in [0, 0.05) is 11.3 Å². The Bertz CT molecular complexity index is 753. The Hall–Kier alpha value is -1.92. The van der Waals surface area contributed by atoms with Gasteiger partial charge in [-0.25, -0.2) is 5.01 Å². The molecule has 0 N–H and O–H groups in total. The molecular formula is C16H13N3OS2. The number of amides is 1. The maximum atomic E-state index is 11.5. The molecule has 6 heteroatoms. The third-order valence-electron chi connectivity index (χ3n) is 3.63. The molecule has 0 saturated heterocycles. The number of hydrogen-bond acceptors (Lipinski definition) is 5. The minimum Gasteiger partial charge on any atom is -0.272 e. The molecule has 110 valence electrons. The molecule has 22 heavy (non-hydrogen) atoms. The molecule has 0 spiro atoms. The summed E-state index contributed by atoms with van der Waals surface area (Å²) < 4.78 is 0. The molecule has 1 aromatic heterocycles. The highest BCUT2D eigenvalue weighted by molar-refractivity contribution is 8.14. The number of nitrogens with zero attached hydrogens (tertiary/aromatic N) is 3. The van der Waals surface area contributed by atoms with Gasteiger partial charge in [0.05, 0.1) is 17.5 Å². The van der Waals surface area contributed by atoms with Gasteiger partial charge in [-0.15, -0.1) is 11.3 Å². The summed E-state index contributed by atoms with van der Waals surface area (Å²) in [6.07, 6.45) is 0.832. The zero-order valence-corrected chi connectivity index (χ0v) is 13.3. The molecule has 1 unspecified atom stereocenters. The van der Waals surface area contributed by atoms with Crippen molar-refractivity contribution in [3.05, 3.63) is 58.3 Å². The van der Waals surface area contributed by atoms with Crippen molar-refractivity contribution in [2.75, 3.05) is 5.75 Å². The maximum Gasteiger partial charge on any atom is 0.258 e. The van der Waals surface area contributed by atoms with Crippen molar-refractivity contribution in [2.45, 2.75) is 12.5 Å². The van der Waals surface area contributed by atoms with Gasteiger partial charge in [-0.3, -0.25) is 4.79 Å². The largest absolute Gasteiger partial charge is 0.272 e. The molecule has 0 fully saturated rings. The van der Waals surface area contributed by atoms with Crippen LogP contribution in [0.25, 0.3) is 0 Å². The summed E-state index contributed by atoms with van der Waals surface area (Å²) >= 11 is 3.19. The number of hydrogen-bond donors (Lipinski definition) is 0. The third kappa shape index (κ3) is 2.48. The van der Waals surface area contributed by atoms with Crippen molar-refractivity contribution in [1.82, 2.24) is 5.01 Å². The van der Waals surface area contributed by atoms with Crippen LogP contribution in [0.3, 0.4) is 0 Å². The van der Waals surface area contributed by atoms with Gasteiger partial charge in [0.2, 0.25) is 0 Å². The molecule has 0 bridgehead atoms. The van der Waals surface area contributed by atoms with Gasteiger partial charge in [-0.05, 0) is 17.0 Å². The van der Waals surface area contributed by atoms with Crippen molar-refractivity contribution >= 4 is 39.9 Å². The van der Waals surface area contributed by atoms with Crippen molar-refractivity contribution in [2.24, 2.45) is 10.1 Å². The van der Waals surface area contributed by atoms with E-state index in [1.807, 2.05) is 29.3 Å². The zero-order chi connectivity index (χ0) is 14.9. The van der Waals surface area contributed by atoms with Crippen LogP contribution in [0.1, 0.15) is 22.9 Å². The molecule has 0 aliphatic carbocycles. The topological polar surface area (TPSA) is 45.0 Å². The van der Waals surface area contributed by atoms with Gasteiger partial charge in [0.1, 0.15) is 0 Å². The second-order valence-electron chi connectivity index (χ2n) is 5.07. The number of thiophene rings is 1. The molecule has 0 saturated carbocycles. The Balaban J connectivity index is 1.71. The standard InChI is InChI=1S/C16H13N3OS2/c20-15-10-22-16(17-15)19-13(14-7-4-8-21-14)9-12(18-19)11-5-2-1-3-6-11/h1-8,13H,9-10H2. The van der Waals surface area contributed by atoms with E-state index >= 15 is 0 Å². The normalized spacial score (nSPS) is 21.2. The maximum absolute atomic E-state index is 11.5. The Morgan fingerprint density at radius 1 is 1.14 bits per heavy atom. The van der Waals surface area contributed by atoms with Crippen LogP contribution < -0.4 is 0 Å². The van der Waals surface area contributed by atoms with Crippen LogP contribution in [0.4, 0.5) is 0 Å². The van der Waals surface area contributed by atoms with Crippen LogP contribution in [0.2, 0.25) is 0 Å². The minimum absolute atomic E-state index is 0.0757. The highest BCUT2D eigenvalue weighted by Gasteiger charge is 2.34. The summed E-state index contributed by atoms with van der Waals surface area (Å²) in [5, 5.41) is 9.47.